The molecule has 2 aliphatic heterocycles. The molecule has 3 N–H and O–H groups in total. The van der Waals surface area contributed by atoms with Crippen LogP contribution in [0.25, 0.3) is 0 Å². The highest BCUT2D eigenvalue weighted by atomic mass is 16.2. The molecule has 0 unspecified atom stereocenters. The second-order valence-electron chi connectivity index (χ2n) is 6.08. The third kappa shape index (κ3) is 3.72. The highest BCUT2D eigenvalue weighted by Gasteiger charge is 2.48. The number of imide groups is 1. The lowest BCUT2D eigenvalue weighted by Gasteiger charge is -2.37. The summed E-state index contributed by atoms with van der Waals surface area (Å²) >= 11 is 0. The molecular weight excluding hydrogens is 272 g/mol. The first kappa shape index (κ1) is 15.8. The zero-order valence-electron chi connectivity index (χ0n) is 12.7. The van der Waals surface area contributed by atoms with Gasteiger partial charge in [-0.15, -0.1) is 0 Å². The monoisotopic (exact) mass is 296 g/mol. The smallest absolute Gasteiger partial charge is 0.322 e. The highest BCUT2D eigenvalue weighted by molar-refractivity contribution is 6.07. The van der Waals surface area contributed by atoms with Crippen molar-refractivity contribution in [1.82, 2.24) is 20.9 Å². The standard InChI is InChI=1S/C14H24N4O3/c1-10(2)15-7-3-4-11(19)18-8-5-14(6-9-18)12(20)16-13(21)17-14/h10,15H,3-9H2,1-2H3,(H2,16,17,20,21). The number of piperidine rings is 1. The lowest BCUT2D eigenvalue weighted by Crippen LogP contribution is -2.55. The maximum atomic E-state index is 12.1. The van der Waals surface area contributed by atoms with Crippen molar-refractivity contribution in [3.05, 3.63) is 0 Å². The number of carbonyl (C=O) groups is 3. The molecule has 4 amide bonds. The van der Waals surface area contributed by atoms with Crippen LogP contribution in [0, 0.1) is 0 Å². The van der Waals surface area contributed by atoms with Gasteiger partial charge in [0.2, 0.25) is 5.91 Å². The van der Waals surface area contributed by atoms with E-state index in [1.54, 1.807) is 4.90 Å². The summed E-state index contributed by atoms with van der Waals surface area (Å²) in [6.07, 6.45) is 2.31. The molecule has 2 fully saturated rings. The quantitative estimate of drug-likeness (QED) is 0.491. The van der Waals surface area contributed by atoms with Crippen LogP contribution >= 0.6 is 0 Å². The molecule has 0 aliphatic carbocycles. The Labute approximate surface area is 124 Å². The molecule has 2 rings (SSSR count). The minimum absolute atomic E-state index is 0.125. The molecule has 0 aromatic heterocycles. The van der Waals surface area contributed by atoms with Crippen molar-refractivity contribution < 1.29 is 14.4 Å². The highest BCUT2D eigenvalue weighted by Crippen LogP contribution is 2.25. The molecule has 1 spiro atoms. The molecule has 0 aromatic rings. The Balaban J connectivity index is 1.75. The van der Waals surface area contributed by atoms with Gasteiger partial charge in [0.15, 0.2) is 0 Å². The molecule has 0 atom stereocenters. The van der Waals surface area contributed by atoms with Gasteiger partial charge in [0.05, 0.1) is 0 Å². The van der Waals surface area contributed by atoms with Gasteiger partial charge in [0, 0.05) is 25.6 Å². The first-order valence-corrected chi connectivity index (χ1v) is 7.58. The molecule has 7 nitrogen and oxygen atoms in total. The van der Waals surface area contributed by atoms with E-state index in [0.717, 1.165) is 13.0 Å². The molecule has 2 saturated heterocycles. The molecule has 0 saturated carbocycles. The fourth-order valence-corrected chi connectivity index (χ4v) is 2.81. The van der Waals surface area contributed by atoms with Crippen LogP contribution in [0.1, 0.15) is 39.5 Å². The van der Waals surface area contributed by atoms with Crippen LogP contribution in [-0.2, 0) is 9.59 Å². The lowest BCUT2D eigenvalue weighted by molar-refractivity contribution is -0.135. The van der Waals surface area contributed by atoms with Crippen molar-refractivity contribution in [2.24, 2.45) is 0 Å². The van der Waals surface area contributed by atoms with Gasteiger partial charge in [-0.2, -0.15) is 0 Å². The number of carbonyl (C=O) groups excluding carboxylic acids is 3. The Morgan fingerprint density at radius 2 is 2.00 bits per heavy atom. The molecule has 0 bridgehead atoms. The fraction of sp³-hybridized carbons (Fsp3) is 0.786. The van der Waals surface area contributed by atoms with Crippen molar-refractivity contribution in [3.63, 3.8) is 0 Å². The minimum atomic E-state index is -0.799. The maximum Gasteiger partial charge on any atom is 0.322 e. The third-order valence-electron chi connectivity index (χ3n) is 4.10. The van der Waals surface area contributed by atoms with E-state index in [0.29, 0.717) is 38.4 Å². The third-order valence-corrected chi connectivity index (χ3v) is 4.10. The fourth-order valence-electron chi connectivity index (χ4n) is 2.81. The summed E-state index contributed by atoms with van der Waals surface area (Å²) in [4.78, 5) is 36.9. The summed E-state index contributed by atoms with van der Waals surface area (Å²) in [6, 6.07) is -0.000950. The Kier molecular flexibility index (Phi) is 4.82. The average Bonchev–Trinajstić information content (AvgIpc) is 2.69. The van der Waals surface area contributed by atoms with Gasteiger partial charge in [0.25, 0.3) is 5.91 Å². The van der Waals surface area contributed by atoms with Gasteiger partial charge in [-0.3, -0.25) is 14.9 Å². The number of rotatable bonds is 5. The Morgan fingerprint density at radius 1 is 1.33 bits per heavy atom. The average molecular weight is 296 g/mol. The van der Waals surface area contributed by atoms with Crippen molar-refractivity contribution in [2.75, 3.05) is 19.6 Å². The van der Waals surface area contributed by atoms with Crippen molar-refractivity contribution in [2.45, 2.75) is 51.1 Å². The summed E-state index contributed by atoms with van der Waals surface area (Å²) in [5, 5.41) is 8.25. The number of amides is 4. The molecule has 0 aromatic carbocycles. The van der Waals surface area contributed by atoms with E-state index in [4.69, 9.17) is 0 Å². The Bertz CT molecular complexity index is 428. The predicted octanol–water partition coefficient (Wildman–Crippen LogP) is -0.0348. The molecule has 0 radical (unpaired) electrons. The van der Waals surface area contributed by atoms with E-state index in [-0.39, 0.29) is 11.8 Å². The molecule has 2 heterocycles. The zero-order chi connectivity index (χ0) is 15.5. The second kappa shape index (κ2) is 6.43. The molecule has 7 heteroatoms. The normalized spacial score (nSPS) is 20.8. The summed E-state index contributed by atoms with van der Waals surface area (Å²) in [5.41, 5.74) is -0.799. The van der Waals surface area contributed by atoms with E-state index >= 15 is 0 Å². The van der Waals surface area contributed by atoms with E-state index < -0.39 is 11.6 Å². The largest absolute Gasteiger partial charge is 0.342 e. The van der Waals surface area contributed by atoms with Crippen LogP contribution in [0.5, 0.6) is 0 Å². The van der Waals surface area contributed by atoms with Crippen molar-refractivity contribution >= 4 is 17.8 Å². The summed E-state index contributed by atoms with van der Waals surface area (Å²) in [5.74, 6) is -0.138. The first-order chi connectivity index (χ1) is 9.93. The number of hydrogen-bond acceptors (Lipinski definition) is 4. The molecule has 2 aliphatic rings. The van der Waals surface area contributed by atoms with Gasteiger partial charge >= 0.3 is 6.03 Å². The number of urea groups is 1. The van der Waals surface area contributed by atoms with Gasteiger partial charge in [-0.1, -0.05) is 13.8 Å². The Morgan fingerprint density at radius 3 is 2.52 bits per heavy atom. The number of hydrogen-bond donors (Lipinski definition) is 3. The number of nitrogens with zero attached hydrogens (tertiary/aromatic N) is 1. The van der Waals surface area contributed by atoms with Crippen LogP contribution in [0.4, 0.5) is 4.79 Å². The minimum Gasteiger partial charge on any atom is -0.342 e. The van der Waals surface area contributed by atoms with Crippen LogP contribution in [0.3, 0.4) is 0 Å². The van der Waals surface area contributed by atoms with Crippen LogP contribution in [0.15, 0.2) is 0 Å². The second-order valence-corrected chi connectivity index (χ2v) is 6.08. The van der Waals surface area contributed by atoms with Crippen LogP contribution in [-0.4, -0.2) is 54.0 Å². The molecule has 118 valence electrons. The Hall–Kier alpha value is -1.63. The van der Waals surface area contributed by atoms with Gasteiger partial charge in [0.1, 0.15) is 5.54 Å². The molecule has 21 heavy (non-hydrogen) atoms. The van der Waals surface area contributed by atoms with Crippen molar-refractivity contribution in [3.8, 4) is 0 Å². The van der Waals surface area contributed by atoms with Crippen molar-refractivity contribution in [1.29, 1.82) is 0 Å². The van der Waals surface area contributed by atoms with Gasteiger partial charge in [-0.05, 0) is 25.8 Å². The first-order valence-electron chi connectivity index (χ1n) is 7.58. The van der Waals surface area contributed by atoms with Crippen LogP contribution < -0.4 is 16.0 Å². The van der Waals surface area contributed by atoms with Gasteiger partial charge < -0.3 is 15.5 Å². The number of likely N-dealkylation sites (tertiary alicyclic amines) is 1. The van der Waals surface area contributed by atoms with E-state index in [9.17, 15) is 14.4 Å². The van der Waals surface area contributed by atoms with E-state index in [1.807, 2.05) is 0 Å². The predicted molar refractivity (Wildman–Crippen MR) is 77.6 cm³/mol. The summed E-state index contributed by atoms with van der Waals surface area (Å²) in [6.45, 7) is 6.02. The topological polar surface area (TPSA) is 90.5 Å². The summed E-state index contributed by atoms with van der Waals surface area (Å²) < 4.78 is 0. The lowest BCUT2D eigenvalue weighted by atomic mass is 9.87. The van der Waals surface area contributed by atoms with E-state index in [1.165, 1.54) is 0 Å². The zero-order valence-corrected chi connectivity index (χ0v) is 12.7. The summed E-state index contributed by atoms with van der Waals surface area (Å²) in [7, 11) is 0. The SMILES string of the molecule is CC(C)NCCCC(=O)N1CCC2(CC1)NC(=O)NC2=O. The van der Waals surface area contributed by atoms with Crippen LogP contribution in [0.2, 0.25) is 0 Å². The maximum absolute atomic E-state index is 12.1. The number of nitrogens with one attached hydrogen (secondary N) is 3. The molecular formula is C14H24N4O3. The van der Waals surface area contributed by atoms with E-state index in [2.05, 4.69) is 29.8 Å². The van der Waals surface area contributed by atoms with Gasteiger partial charge in [-0.25, -0.2) is 4.79 Å².